The summed E-state index contributed by atoms with van der Waals surface area (Å²) in [5.74, 6) is 0.893. The van der Waals surface area contributed by atoms with Crippen LogP contribution in [0.4, 0.5) is 0 Å². The third-order valence-electron chi connectivity index (χ3n) is 2.66. The van der Waals surface area contributed by atoms with Crippen molar-refractivity contribution in [3.8, 4) is 5.75 Å². The van der Waals surface area contributed by atoms with E-state index in [2.05, 4.69) is 26.5 Å². The van der Waals surface area contributed by atoms with Crippen LogP contribution in [0.15, 0.2) is 44.5 Å². The van der Waals surface area contributed by atoms with Gasteiger partial charge in [-0.05, 0) is 53.5 Å². The van der Waals surface area contributed by atoms with Crippen molar-refractivity contribution in [3.63, 3.8) is 0 Å². The average molecular weight is 351 g/mol. The Morgan fingerprint density at radius 3 is 2.86 bits per heavy atom. The zero-order valence-corrected chi connectivity index (χ0v) is 13.3. The van der Waals surface area contributed by atoms with E-state index in [1.54, 1.807) is 12.1 Å². The third kappa shape index (κ3) is 4.75. The molecule has 0 saturated heterocycles. The number of nitrogens with one attached hydrogen (secondary N) is 1. The van der Waals surface area contributed by atoms with Crippen molar-refractivity contribution in [1.82, 2.24) is 5.43 Å². The molecule has 0 aliphatic heterocycles. The molecule has 1 aromatic carbocycles. The number of halogens is 1. The van der Waals surface area contributed by atoms with Crippen molar-refractivity contribution in [3.05, 3.63) is 51.9 Å². The highest BCUT2D eigenvalue weighted by atomic mass is 79.9. The molecule has 0 aliphatic rings. The largest absolute Gasteiger partial charge is 0.483 e. The summed E-state index contributed by atoms with van der Waals surface area (Å²) in [5, 5.41) is 3.78. The van der Waals surface area contributed by atoms with Gasteiger partial charge in [0.1, 0.15) is 11.5 Å². The third-order valence-corrected chi connectivity index (χ3v) is 3.09. The van der Waals surface area contributed by atoms with Crippen LogP contribution in [0.5, 0.6) is 5.75 Å². The molecule has 0 unspecified atom stereocenters. The second-order valence-corrected chi connectivity index (χ2v) is 5.27. The van der Waals surface area contributed by atoms with Gasteiger partial charge in [-0.15, -0.1) is 0 Å². The van der Waals surface area contributed by atoms with Crippen molar-refractivity contribution in [2.75, 3.05) is 6.61 Å². The van der Waals surface area contributed by atoms with E-state index in [1.807, 2.05) is 32.0 Å². The molecule has 1 aromatic heterocycles. The van der Waals surface area contributed by atoms with Crippen molar-refractivity contribution < 1.29 is 13.9 Å². The molecule has 2 aromatic rings. The molecule has 110 valence electrons. The van der Waals surface area contributed by atoms with Crippen LogP contribution in [0.2, 0.25) is 0 Å². The summed E-state index contributed by atoms with van der Waals surface area (Å²) in [5.41, 5.74) is 4.52. The predicted molar refractivity (Wildman–Crippen MR) is 83.6 cm³/mol. The van der Waals surface area contributed by atoms with Crippen molar-refractivity contribution in [1.29, 1.82) is 0 Å². The fourth-order valence-electron chi connectivity index (χ4n) is 1.70. The molecule has 21 heavy (non-hydrogen) atoms. The molecular formula is C15H15BrN2O3. The molecule has 0 aliphatic carbocycles. The van der Waals surface area contributed by atoms with E-state index in [0.717, 1.165) is 11.1 Å². The maximum absolute atomic E-state index is 11.6. The molecule has 0 spiro atoms. The smallest absolute Gasteiger partial charge is 0.277 e. The zero-order chi connectivity index (χ0) is 15.2. The van der Waals surface area contributed by atoms with Gasteiger partial charge < -0.3 is 9.15 Å². The van der Waals surface area contributed by atoms with Crippen molar-refractivity contribution >= 4 is 28.1 Å². The first-order chi connectivity index (χ1) is 10.0. The minimum atomic E-state index is -0.336. The van der Waals surface area contributed by atoms with Gasteiger partial charge in [-0.3, -0.25) is 4.79 Å². The Bertz CT molecular complexity index is 665. The number of hydrogen-bond acceptors (Lipinski definition) is 4. The molecule has 0 bridgehead atoms. The highest BCUT2D eigenvalue weighted by Gasteiger charge is 2.04. The summed E-state index contributed by atoms with van der Waals surface area (Å²) >= 11 is 3.18. The van der Waals surface area contributed by atoms with Gasteiger partial charge in [-0.1, -0.05) is 17.7 Å². The summed E-state index contributed by atoms with van der Waals surface area (Å²) in [4.78, 5) is 11.6. The van der Waals surface area contributed by atoms with Crippen LogP contribution in [0, 0.1) is 13.8 Å². The van der Waals surface area contributed by atoms with Gasteiger partial charge >= 0.3 is 0 Å². The number of carbonyl (C=O) groups excluding carboxylic acids is 1. The van der Waals surface area contributed by atoms with E-state index in [4.69, 9.17) is 9.15 Å². The second-order valence-electron chi connectivity index (χ2n) is 4.49. The van der Waals surface area contributed by atoms with E-state index in [1.165, 1.54) is 6.21 Å². The topological polar surface area (TPSA) is 63.8 Å². The van der Waals surface area contributed by atoms with Gasteiger partial charge in [0.2, 0.25) is 0 Å². The van der Waals surface area contributed by atoms with E-state index < -0.39 is 0 Å². The minimum Gasteiger partial charge on any atom is -0.483 e. The maximum atomic E-state index is 11.6. The molecule has 0 radical (unpaired) electrons. The molecule has 1 amide bonds. The fraction of sp³-hybridized carbons (Fsp3) is 0.200. The van der Waals surface area contributed by atoms with Gasteiger partial charge in [0.25, 0.3) is 5.91 Å². The van der Waals surface area contributed by atoms with E-state index >= 15 is 0 Å². The van der Waals surface area contributed by atoms with Crippen LogP contribution < -0.4 is 10.2 Å². The van der Waals surface area contributed by atoms with E-state index in [-0.39, 0.29) is 12.5 Å². The Hall–Kier alpha value is -2.08. The molecule has 5 nitrogen and oxygen atoms in total. The first-order valence-corrected chi connectivity index (χ1v) is 7.11. The Balaban J connectivity index is 1.81. The first kappa shape index (κ1) is 15.3. The van der Waals surface area contributed by atoms with Gasteiger partial charge in [-0.25, -0.2) is 5.43 Å². The van der Waals surface area contributed by atoms with Crippen LogP contribution in [0.25, 0.3) is 0 Å². The van der Waals surface area contributed by atoms with Gasteiger partial charge in [-0.2, -0.15) is 5.10 Å². The highest BCUT2D eigenvalue weighted by molar-refractivity contribution is 9.10. The molecule has 0 atom stereocenters. The number of ether oxygens (including phenoxy) is 1. The van der Waals surface area contributed by atoms with Crippen LogP contribution in [0.3, 0.4) is 0 Å². The number of benzene rings is 1. The van der Waals surface area contributed by atoms with E-state index in [0.29, 0.717) is 16.2 Å². The summed E-state index contributed by atoms with van der Waals surface area (Å²) in [7, 11) is 0. The van der Waals surface area contributed by atoms with E-state index in [9.17, 15) is 4.79 Å². The van der Waals surface area contributed by atoms with Crippen LogP contribution in [0.1, 0.15) is 16.9 Å². The maximum Gasteiger partial charge on any atom is 0.277 e. The monoisotopic (exact) mass is 350 g/mol. The number of amides is 1. The highest BCUT2D eigenvalue weighted by Crippen LogP contribution is 2.18. The quantitative estimate of drug-likeness (QED) is 0.665. The predicted octanol–water partition coefficient (Wildman–Crippen LogP) is 3.19. The van der Waals surface area contributed by atoms with Crippen LogP contribution in [-0.4, -0.2) is 18.7 Å². The summed E-state index contributed by atoms with van der Waals surface area (Å²) in [6, 6.07) is 9.26. The lowest BCUT2D eigenvalue weighted by Crippen LogP contribution is -2.24. The van der Waals surface area contributed by atoms with Gasteiger partial charge in [0.05, 0.1) is 6.21 Å². The number of aryl methyl sites for hydroxylation is 2. The molecule has 0 fully saturated rings. The van der Waals surface area contributed by atoms with Gasteiger partial charge in [0.15, 0.2) is 11.3 Å². The molecule has 0 saturated carbocycles. The molecule has 6 heteroatoms. The standard InChI is InChI=1S/C15H15BrN2O3/c1-10-3-5-13(11(2)7-10)20-9-15(19)18-17-8-12-4-6-14(16)21-12/h3-8H,9H2,1-2H3,(H,18,19). The zero-order valence-electron chi connectivity index (χ0n) is 11.7. The number of hydrogen-bond donors (Lipinski definition) is 1. The Morgan fingerprint density at radius 2 is 2.19 bits per heavy atom. The molecular weight excluding hydrogens is 336 g/mol. The molecule has 1 heterocycles. The lowest BCUT2D eigenvalue weighted by atomic mass is 10.1. The van der Waals surface area contributed by atoms with Crippen molar-refractivity contribution in [2.45, 2.75) is 13.8 Å². The van der Waals surface area contributed by atoms with Crippen LogP contribution >= 0.6 is 15.9 Å². The molecule has 1 N–H and O–H groups in total. The Labute approximate surface area is 131 Å². The van der Waals surface area contributed by atoms with Crippen LogP contribution in [-0.2, 0) is 4.79 Å². The number of rotatable bonds is 5. The number of hydrazone groups is 1. The number of carbonyl (C=O) groups is 1. The fourth-order valence-corrected chi connectivity index (χ4v) is 2.02. The average Bonchev–Trinajstić information content (AvgIpc) is 2.83. The second kappa shape index (κ2) is 7.08. The Morgan fingerprint density at radius 1 is 1.38 bits per heavy atom. The number of furan rings is 1. The molecule has 2 rings (SSSR count). The lowest BCUT2D eigenvalue weighted by molar-refractivity contribution is -0.123. The number of nitrogens with zero attached hydrogens (tertiary/aromatic N) is 1. The summed E-state index contributed by atoms with van der Waals surface area (Å²) in [6.45, 7) is 3.85. The minimum absolute atomic E-state index is 0.0942. The summed E-state index contributed by atoms with van der Waals surface area (Å²) < 4.78 is 11.3. The Kier molecular flexibility index (Phi) is 5.16. The van der Waals surface area contributed by atoms with Gasteiger partial charge in [0, 0.05) is 0 Å². The lowest BCUT2D eigenvalue weighted by Gasteiger charge is -2.08. The normalized spacial score (nSPS) is 10.8. The summed E-state index contributed by atoms with van der Waals surface area (Å²) in [6.07, 6.45) is 1.42. The first-order valence-electron chi connectivity index (χ1n) is 6.32. The van der Waals surface area contributed by atoms with Crippen molar-refractivity contribution in [2.24, 2.45) is 5.10 Å². The SMILES string of the molecule is Cc1ccc(OCC(=O)NN=Cc2ccc(Br)o2)c(C)c1.